The number of aryl methyl sites for hydroxylation is 1. The first-order valence-electron chi connectivity index (χ1n) is 8.26. The van der Waals surface area contributed by atoms with Crippen molar-refractivity contribution in [1.82, 2.24) is 9.97 Å². The molecule has 3 rings (SSSR count). The van der Waals surface area contributed by atoms with Gasteiger partial charge >= 0.3 is 5.69 Å². The molecule has 0 fully saturated rings. The Bertz CT molecular complexity index is 978. The third-order valence-corrected chi connectivity index (χ3v) is 3.83. The van der Waals surface area contributed by atoms with Gasteiger partial charge in [-0.1, -0.05) is 0 Å². The van der Waals surface area contributed by atoms with Crippen LogP contribution >= 0.6 is 0 Å². The minimum Gasteiger partial charge on any atom is -0.493 e. The number of ether oxygens (including phenoxy) is 3. The third kappa shape index (κ3) is 4.09. The molecule has 8 heteroatoms. The summed E-state index contributed by atoms with van der Waals surface area (Å²) in [4.78, 5) is 29.1. The van der Waals surface area contributed by atoms with Crippen molar-refractivity contribution in [2.45, 2.75) is 13.3 Å². The van der Waals surface area contributed by atoms with E-state index in [1.807, 2.05) is 13.0 Å². The summed E-state index contributed by atoms with van der Waals surface area (Å²) in [5.74, 6) is 0.678. The predicted molar refractivity (Wildman–Crippen MR) is 95.1 cm³/mol. The lowest BCUT2D eigenvalue weighted by atomic mass is 10.1. The van der Waals surface area contributed by atoms with Crippen molar-refractivity contribution in [2.75, 3.05) is 33.5 Å². The summed E-state index contributed by atoms with van der Waals surface area (Å²) in [7, 11) is 1.63. The molecule has 0 spiro atoms. The number of nitrogens with zero attached hydrogens (tertiary/aromatic N) is 1. The Hall–Kier alpha value is -2.71. The fraction of sp³-hybridized carbons (Fsp3) is 0.389. The molecule has 0 radical (unpaired) electrons. The normalized spacial score (nSPS) is 11.3. The van der Waals surface area contributed by atoms with E-state index in [1.165, 1.54) is 0 Å². The molecule has 0 saturated carbocycles. The van der Waals surface area contributed by atoms with Crippen LogP contribution in [0.3, 0.4) is 0 Å². The van der Waals surface area contributed by atoms with E-state index in [1.54, 1.807) is 19.2 Å². The maximum absolute atomic E-state index is 11.9. The molecule has 2 heterocycles. The van der Waals surface area contributed by atoms with Gasteiger partial charge in [0.25, 0.3) is 5.56 Å². The van der Waals surface area contributed by atoms with Crippen LogP contribution in [0.4, 0.5) is 0 Å². The predicted octanol–water partition coefficient (Wildman–Crippen LogP) is 1.72. The number of H-pyrrole nitrogens is 1. The number of hydrogen-bond acceptors (Lipinski definition) is 7. The molecule has 0 amide bonds. The van der Waals surface area contributed by atoms with E-state index < -0.39 is 11.2 Å². The summed E-state index contributed by atoms with van der Waals surface area (Å²) in [5, 5.41) is 0.733. The van der Waals surface area contributed by atoms with Gasteiger partial charge < -0.3 is 18.6 Å². The van der Waals surface area contributed by atoms with Crippen molar-refractivity contribution < 1.29 is 18.6 Å². The lowest BCUT2D eigenvalue weighted by Gasteiger charge is -2.11. The van der Waals surface area contributed by atoms with Crippen LogP contribution in [0.1, 0.15) is 12.0 Å². The van der Waals surface area contributed by atoms with Crippen molar-refractivity contribution in [3.05, 3.63) is 44.6 Å². The van der Waals surface area contributed by atoms with Crippen LogP contribution in [0.2, 0.25) is 0 Å². The minimum atomic E-state index is -0.734. The fourth-order valence-corrected chi connectivity index (χ4v) is 2.54. The van der Waals surface area contributed by atoms with E-state index in [9.17, 15) is 9.59 Å². The zero-order valence-electron chi connectivity index (χ0n) is 14.7. The van der Waals surface area contributed by atoms with Crippen molar-refractivity contribution in [3.63, 3.8) is 0 Å². The smallest absolute Gasteiger partial charge is 0.351 e. The van der Waals surface area contributed by atoms with Gasteiger partial charge in [-0.05, 0) is 24.6 Å². The highest BCUT2D eigenvalue weighted by atomic mass is 16.5. The van der Waals surface area contributed by atoms with Crippen LogP contribution in [-0.4, -0.2) is 43.5 Å². The Morgan fingerprint density at radius 2 is 1.96 bits per heavy atom. The Kier molecular flexibility index (Phi) is 5.65. The van der Waals surface area contributed by atoms with E-state index in [-0.39, 0.29) is 11.5 Å². The molecule has 26 heavy (non-hydrogen) atoms. The topological polar surface area (TPSA) is 104 Å². The van der Waals surface area contributed by atoms with E-state index in [0.717, 1.165) is 17.4 Å². The van der Waals surface area contributed by atoms with Crippen LogP contribution in [0.5, 0.6) is 5.75 Å². The first-order chi connectivity index (χ1) is 12.6. The minimum absolute atomic E-state index is 0.00703. The molecule has 0 saturated heterocycles. The van der Waals surface area contributed by atoms with E-state index in [4.69, 9.17) is 18.6 Å². The standard InChI is InChI=1S/C18H20N2O6/c1-11-8-12-9-13-16(21)19-18(22)20-17(13)26-15(12)10-14(11)25-5-3-4-24-7-6-23-2/h8-10H,3-7H2,1-2H3,(H,19,21,22). The number of nitrogens with one attached hydrogen (secondary N) is 1. The van der Waals surface area contributed by atoms with Crippen LogP contribution in [-0.2, 0) is 9.47 Å². The largest absolute Gasteiger partial charge is 0.493 e. The van der Waals surface area contributed by atoms with Crippen molar-refractivity contribution in [3.8, 4) is 17.2 Å². The molecule has 0 aromatic heterocycles. The number of aromatic amines is 1. The summed E-state index contributed by atoms with van der Waals surface area (Å²) in [6, 6.07) is 5.26. The molecule has 0 unspecified atom stereocenters. The Balaban J connectivity index is 1.77. The van der Waals surface area contributed by atoms with Gasteiger partial charge in [-0.25, -0.2) is 4.79 Å². The Morgan fingerprint density at radius 3 is 2.77 bits per heavy atom. The average Bonchev–Trinajstić information content (AvgIpc) is 2.60. The number of aromatic nitrogens is 2. The van der Waals surface area contributed by atoms with Gasteiger partial charge in [0.1, 0.15) is 16.9 Å². The second-order valence-corrected chi connectivity index (χ2v) is 5.80. The summed E-state index contributed by atoms with van der Waals surface area (Å²) >= 11 is 0. The number of methoxy groups -OCH3 is 1. The SMILES string of the molecule is COCCOCCCOc1cc2oc3nc(=O)[nH]c(=O)c-3cc2cc1C. The second-order valence-electron chi connectivity index (χ2n) is 5.80. The zero-order valence-corrected chi connectivity index (χ0v) is 14.7. The number of benzene rings is 1. The summed E-state index contributed by atoms with van der Waals surface area (Å²) in [6.45, 7) is 4.13. The van der Waals surface area contributed by atoms with Crippen LogP contribution in [0, 0.1) is 6.92 Å². The zero-order chi connectivity index (χ0) is 18.5. The molecule has 2 aliphatic heterocycles. The molecule has 1 aromatic rings. The Morgan fingerprint density at radius 1 is 1.12 bits per heavy atom. The van der Waals surface area contributed by atoms with Crippen LogP contribution in [0.15, 0.2) is 32.2 Å². The third-order valence-electron chi connectivity index (χ3n) is 3.83. The quantitative estimate of drug-likeness (QED) is 0.482. The lowest BCUT2D eigenvalue weighted by Crippen LogP contribution is -2.24. The summed E-state index contributed by atoms with van der Waals surface area (Å²) in [6.07, 6.45) is 0.743. The number of fused-ring (bicyclic) bond motifs is 2. The maximum Gasteiger partial charge on any atom is 0.351 e. The van der Waals surface area contributed by atoms with E-state index in [2.05, 4.69) is 9.97 Å². The summed E-state index contributed by atoms with van der Waals surface area (Å²) < 4.78 is 21.7. The molecule has 0 aliphatic carbocycles. The summed E-state index contributed by atoms with van der Waals surface area (Å²) in [5.41, 5.74) is 0.391. The highest BCUT2D eigenvalue weighted by Gasteiger charge is 2.15. The molecule has 2 aliphatic rings. The highest BCUT2D eigenvalue weighted by Crippen LogP contribution is 2.29. The second kappa shape index (κ2) is 8.11. The van der Waals surface area contributed by atoms with Crippen molar-refractivity contribution >= 4 is 11.0 Å². The molecule has 1 N–H and O–H groups in total. The number of rotatable bonds is 8. The van der Waals surface area contributed by atoms with Crippen LogP contribution < -0.4 is 16.0 Å². The van der Waals surface area contributed by atoms with Gasteiger partial charge in [0.2, 0.25) is 5.89 Å². The monoisotopic (exact) mass is 360 g/mol. The van der Waals surface area contributed by atoms with Crippen molar-refractivity contribution in [2.24, 2.45) is 0 Å². The van der Waals surface area contributed by atoms with E-state index in [0.29, 0.717) is 37.8 Å². The van der Waals surface area contributed by atoms with Crippen LogP contribution in [0.25, 0.3) is 22.4 Å². The first-order valence-corrected chi connectivity index (χ1v) is 8.26. The fourth-order valence-electron chi connectivity index (χ4n) is 2.54. The lowest BCUT2D eigenvalue weighted by molar-refractivity contribution is 0.0644. The molecule has 8 nitrogen and oxygen atoms in total. The van der Waals surface area contributed by atoms with Gasteiger partial charge in [0.15, 0.2) is 0 Å². The average molecular weight is 360 g/mol. The molecular weight excluding hydrogens is 340 g/mol. The van der Waals surface area contributed by atoms with Gasteiger partial charge in [-0.3, -0.25) is 9.78 Å². The van der Waals surface area contributed by atoms with E-state index >= 15 is 0 Å². The maximum atomic E-state index is 11.9. The molecule has 1 aromatic carbocycles. The molecule has 0 bridgehead atoms. The van der Waals surface area contributed by atoms with Crippen molar-refractivity contribution in [1.29, 1.82) is 0 Å². The van der Waals surface area contributed by atoms with Gasteiger partial charge in [-0.2, -0.15) is 4.98 Å². The molecular formula is C18H20N2O6. The highest BCUT2D eigenvalue weighted by molar-refractivity contribution is 5.83. The van der Waals surface area contributed by atoms with Gasteiger partial charge in [0, 0.05) is 31.6 Å². The van der Waals surface area contributed by atoms with Gasteiger partial charge in [-0.15, -0.1) is 0 Å². The Labute approximate surface area is 149 Å². The molecule has 138 valence electrons. The molecule has 0 atom stereocenters. The first kappa shape index (κ1) is 18.1. The number of hydrogen-bond donors (Lipinski definition) is 1. The van der Waals surface area contributed by atoms with Gasteiger partial charge in [0.05, 0.1) is 19.8 Å².